The fourth-order valence-electron chi connectivity index (χ4n) is 3.17. The van der Waals surface area contributed by atoms with E-state index in [4.69, 9.17) is 11.6 Å². The number of aromatic nitrogens is 2. The molecule has 1 aliphatic heterocycles. The molecule has 1 aromatic carbocycles. The topological polar surface area (TPSA) is 58.1 Å². The second kappa shape index (κ2) is 8.14. The Morgan fingerprint density at radius 2 is 2.29 bits per heavy atom. The van der Waals surface area contributed by atoms with Gasteiger partial charge in [0.25, 0.3) is 0 Å². The molecule has 9 heteroatoms. The average molecular weight is 482 g/mol. The van der Waals surface area contributed by atoms with Crippen LogP contribution in [0, 0.1) is 5.82 Å². The van der Waals surface area contributed by atoms with Gasteiger partial charge >= 0.3 is 0 Å². The molecular weight excluding hydrogens is 467 g/mol. The van der Waals surface area contributed by atoms with Gasteiger partial charge in [-0.1, -0.05) is 33.6 Å². The van der Waals surface area contributed by atoms with E-state index in [9.17, 15) is 9.18 Å². The number of nitrogens with zero attached hydrogens (tertiary/aromatic N) is 3. The van der Waals surface area contributed by atoms with E-state index in [1.807, 2.05) is 4.90 Å². The number of benzene rings is 1. The number of fused-ring (bicyclic) bond motifs is 3. The third kappa shape index (κ3) is 3.76. The number of alkyl halides is 1. The van der Waals surface area contributed by atoms with Gasteiger partial charge in [0.2, 0.25) is 5.91 Å². The highest BCUT2D eigenvalue weighted by atomic mass is 79.9. The molecule has 3 aromatic rings. The van der Waals surface area contributed by atoms with E-state index in [0.29, 0.717) is 29.9 Å². The van der Waals surface area contributed by atoms with Crippen molar-refractivity contribution in [2.45, 2.75) is 13.0 Å². The molecule has 0 fully saturated rings. The predicted octanol–water partition coefficient (Wildman–Crippen LogP) is 5.06. The molecule has 0 saturated carbocycles. The van der Waals surface area contributed by atoms with Gasteiger partial charge in [-0.3, -0.25) is 4.79 Å². The molecule has 0 spiro atoms. The molecule has 2 aromatic heterocycles. The zero-order valence-electron chi connectivity index (χ0n) is 14.6. The summed E-state index contributed by atoms with van der Waals surface area (Å²) in [5.74, 6) is 0.198. The van der Waals surface area contributed by atoms with Gasteiger partial charge in [-0.05, 0) is 36.3 Å². The fourth-order valence-corrected chi connectivity index (χ4v) is 4.74. The number of carbonyl (C=O) groups is 1. The van der Waals surface area contributed by atoms with Crippen molar-refractivity contribution in [3.05, 3.63) is 58.0 Å². The number of allylic oxidation sites excluding steroid dienone is 1. The minimum atomic E-state index is -0.466. The maximum Gasteiger partial charge on any atom is 0.246 e. The maximum atomic E-state index is 13.4. The van der Waals surface area contributed by atoms with Crippen molar-refractivity contribution in [2.24, 2.45) is 0 Å². The summed E-state index contributed by atoms with van der Waals surface area (Å²) in [6, 6.07) is 4.46. The Bertz CT molecular complexity index is 1090. The largest absolute Gasteiger partial charge is 0.340 e. The maximum absolute atomic E-state index is 13.4. The molecule has 3 heterocycles. The standard InChI is InChI=1S/C19H15BrClFN4OS/c20-6-1-2-16(27)26-7-5-12-15(9-26)28-19-17(12)18(23-10-24-19)25-11-3-4-14(22)13(21)8-11/h1-4,8,10H,5-7,9H2,(H,23,24,25)/b2-1+. The highest BCUT2D eigenvalue weighted by Gasteiger charge is 2.25. The van der Waals surface area contributed by atoms with Crippen LogP contribution < -0.4 is 5.32 Å². The molecule has 0 saturated heterocycles. The first-order chi connectivity index (χ1) is 13.6. The summed E-state index contributed by atoms with van der Waals surface area (Å²) in [6.45, 7) is 1.20. The van der Waals surface area contributed by atoms with Crippen LogP contribution in [0.1, 0.15) is 10.4 Å². The first kappa shape index (κ1) is 19.3. The van der Waals surface area contributed by atoms with Crippen molar-refractivity contribution in [1.29, 1.82) is 0 Å². The van der Waals surface area contributed by atoms with Crippen LogP contribution in [0.25, 0.3) is 10.2 Å². The molecule has 144 valence electrons. The lowest BCUT2D eigenvalue weighted by atomic mass is 10.0. The Morgan fingerprint density at radius 3 is 3.07 bits per heavy atom. The second-order valence-corrected chi connectivity index (χ2v) is 8.36. The molecule has 28 heavy (non-hydrogen) atoms. The normalized spacial score (nSPS) is 13.9. The highest BCUT2D eigenvalue weighted by molar-refractivity contribution is 9.09. The lowest BCUT2D eigenvalue weighted by Gasteiger charge is -2.26. The third-order valence-electron chi connectivity index (χ3n) is 4.48. The van der Waals surface area contributed by atoms with Gasteiger partial charge in [0.1, 0.15) is 22.8 Å². The number of hydrogen-bond donors (Lipinski definition) is 1. The van der Waals surface area contributed by atoms with E-state index in [-0.39, 0.29) is 10.9 Å². The summed E-state index contributed by atoms with van der Waals surface area (Å²) in [4.78, 5) is 24.9. The SMILES string of the molecule is O=C(/C=C/CBr)N1CCc2c(sc3ncnc(Nc4ccc(F)c(Cl)c4)c23)C1. The van der Waals surface area contributed by atoms with Crippen LogP contribution in [0.2, 0.25) is 5.02 Å². The number of rotatable bonds is 4. The smallest absolute Gasteiger partial charge is 0.246 e. The van der Waals surface area contributed by atoms with Gasteiger partial charge in [0.05, 0.1) is 17.0 Å². The van der Waals surface area contributed by atoms with Crippen molar-refractivity contribution >= 4 is 66.5 Å². The van der Waals surface area contributed by atoms with Crippen molar-refractivity contribution in [2.75, 3.05) is 17.2 Å². The number of thiophene rings is 1. The molecule has 0 unspecified atom stereocenters. The molecule has 1 N–H and O–H groups in total. The van der Waals surface area contributed by atoms with Gasteiger partial charge in [0.15, 0.2) is 0 Å². The zero-order chi connectivity index (χ0) is 19.7. The third-order valence-corrected chi connectivity index (χ3v) is 6.27. The summed E-state index contributed by atoms with van der Waals surface area (Å²) in [6.07, 6.45) is 5.62. The molecule has 5 nitrogen and oxygen atoms in total. The molecule has 4 rings (SSSR count). The zero-order valence-corrected chi connectivity index (χ0v) is 17.7. The van der Waals surface area contributed by atoms with Gasteiger partial charge in [-0.15, -0.1) is 11.3 Å². The van der Waals surface area contributed by atoms with Crippen molar-refractivity contribution < 1.29 is 9.18 Å². The lowest BCUT2D eigenvalue weighted by Crippen LogP contribution is -2.34. The molecule has 1 amide bonds. The minimum Gasteiger partial charge on any atom is -0.340 e. The molecule has 1 aliphatic rings. The Kier molecular flexibility index (Phi) is 5.61. The summed E-state index contributed by atoms with van der Waals surface area (Å²) in [5, 5.41) is 4.87. The Balaban J connectivity index is 1.66. The van der Waals surface area contributed by atoms with Crippen molar-refractivity contribution in [1.82, 2.24) is 14.9 Å². The first-order valence-corrected chi connectivity index (χ1v) is 10.9. The number of carbonyl (C=O) groups excluding carboxylic acids is 1. The number of nitrogens with one attached hydrogen (secondary N) is 1. The van der Waals surface area contributed by atoms with Crippen molar-refractivity contribution in [3.63, 3.8) is 0 Å². The number of anilines is 2. The van der Waals surface area contributed by atoms with Gasteiger partial charge in [-0.2, -0.15) is 0 Å². The van der Waals surface area contributed by atoms with Crippen LogP contribution in [0.4, 0.5) is 15.9 Å². The van der Waals surface area contributed by atoms with Crippen molar-refractivity contribution in [3.8, 4) is 0 Å². The quantitative estimate of drug-likeness (QED) is 0.418. The van der Waals surface area contributed by atoms with E-state index < -0.39 is 5.82 Å². The first-order valence-electron chi connectivity index (χ1n) is 8.55. The van der Waals surface area contributed by atoms with E-state index in [0.717, 1.165) is 27.1 Å². The highest BCUT2D eigenvalue weighted by Crippen LogP contribution is 2.38. The second-order valence-electron chi connectivity index (χ2n) is 6.23. The number of amides is 1. The van der Waals surface area contributed by atoms with E-state index in [2.05, 4.69) is 31.2 Å². The molecule has 0 radical (unpaired) electrons. The van der Waals surface area contributed by atoms with E-state index >= 15 is 0 Å². The average Bonchev–Trinajstić information content (AvgIpc) is 3.07. The molecule has 0 bridgehead atoms. The lowest BCUT2D eigenvalue weighted by molar-refractivity contribution is -0.126. The fraction of sp³-hybridized carbons (Fsp3) is 0.211. The Morgan fingerprint density at radius 1 is 1.43 bits per heavy atom. The molecular formula is C19H15BrClFN4OS. The van der Waals surface area contributed by atoms with E-state index in [1.54, 1.807) is 29.6 Å². The van der Waals surface area contributed by atoms with Crippen LogP contribution >= 0.6 is 38.9 Å². The predicted molar refractivity (Wildman–Crippen MR) is 114 cm³/mol. The monoisotopic (exact) mass is 480 g/mol. The van der Waals surface area contributed by atoms with Gasteiger partial charge in [0, 0.05) is 22.4 Å². The Hall–Kier alpha value is -2.03. The number of hydrogen-bond acceptors (Lipinski definition) is 5. The Labute approximate surface area is 178 Å². The molecule has 0 atom stereocenters. The van der Waals surface area contributed by atoms with Crippen LogP contribution in [-0.4, -0.2) is 32.6 Å². The summed E-state index contributed by atoms with van der Waals surface area (Å²) in [7, 11) is 0. The number of halogens is 3. The van der Waals surface area contributed by atoms with Crippen LogP contribution in [0.3, 0.4) is 0 Å². The van der Waals surface area contributed by atoms with Crippen LogP contribution in [0.15, 0.2) is 36.7 Å². The molecule has 0 aliphatic carbocycles. The van der Waals surface area contributed by atoms with Crippen LogP contribution in [-0.2, 0) is 17.8 Å². The van der Waals surface area contributed by atoms with E-state index in [1.165, 1.54) is 18.5 Å². The summed E-state index contributed by atoms with van der Waals surface area (Å²) >= 11 is 10.7. The van der Waals surface area contributed by atoms with Gasteiger partial charge < -0.3 is 10.2 Å². The van der Waals surface area contributed by atoms with Crippen LogP contribution in [0.5, 0.6) is 0 Å². The minimum absolute atomic E-state index is 0.00735. The van der Waals surface area contributed by atoms with Gasteiger partial charge in [-0.25, -0.2) is 14.4 Å². The summed E-state index contributed by atoms with van der Waals surface area (Å²) < 4.78 is 13.4. The summed E-state index contributed by atoms with van der Waals surface area (Å²) in [5.41, 5.74) is 1.81.